The van der Waals surface area contributed by atoms with E-state index in [4.69, 9.17) is 5.14 Å². The molecule has 0 spiro atoms. The van der Waals surface area contributed by atoms with E-state index in [-0.39, 0.29) is 4.90 Å². The van der Waals surface area contributed by atoms with Gasteiger partial charge in [0.15, 0.2) is 0 Å². The average Bonchev–Trinajstić information content (AvgIpc) is 2.02. The normalized spacial score (nSPS) is 11.3. The minimum Gasteiger partial charge on any atom is -0.388 e. The third-order valence-corrected chi connectivity index (χ3v) is 2.92. The maximum absolute atomic E-state index is 11.1. The van der Waals surface area contributed by atoms with Gasteiger partial charge in [-0.2, -0.15) is 0 Å². The molecule has 0 unspecified atom stereocenters. The lowest BCUT2D eigenvalue weighted by molar-refractivity contribution is 0.597. The van der Waals surface area contributed by atoms with Crippen molar-refractivity contribution in [3.63, 3.8) is 0 Å². The molecule has 0 aliphatic heterocycles. The minimum atomic E-state index is -3.61. The standard InChI is InChI=1S/C8H12N2O2S/c1-6-7(10-2)4-3-5-8(6)13(9,11)12/h3-5,10H,1-2H3,(H2,9,11,12). The molecule has 72 valence electrons. The summed E-state index contributed by atoms with van der Waals surface area (Å²) in [6.45, 7) is 1.71. The molecule has 0 saturated heterocycles. The monoisotopic (exact) mass is 200 g/mol. The summed E-state index contributed by atoms with van der Waals surface area (Å²) >= 11 is 0. The number of rotatable bonds is 2. The highest BCUT2D eigenvalue weighted by atomic mass is 32.2. The Kier molecular flexibility index (Phi) is 2.58. The van der Waals surface area contributed by atoms with Crippen LogP contribution in [0.1, 0.15) is 5.56 Å². The molecule has 1 aromatic carbocycles. The van der Waals surface area contributed by atoms with E-state index in [1.54, 1.807) is 26.1 Å². The minimum absolute atomic E-state index is 0.166. The highest BCUT2D eigenvalue weighted by molar-refractivity contribution is 7.89. The van der Waals surface area contributed by atoms with Gasteiger partial charge in [-0.25, -0.2) is 13.6 Å². The third-order valence-electron chi connectivity index (χ3n) is 1.86. The molecule has 5 heteroatoms. The second-order valence-corrected chi connectivity index (χ2v) is 4.25. The van der Waals surface area contributed by atoms with E-state index in [9.17, 15) is 8.42 Å². The van der Waals surface area contributed by atoms with E-state index in [0.717, 1.165) is 5.69 Å². The summed E-state index contributed by atoms with van der Waals surface area (Å²) < 4.78 is 22.1. The molecule has 1 aromatic rings. The number of nitrogens with two attached hydrogens (primary N) is 1. The van der Waals surface area contributed by atoms with E-state index >= 15 is 0 Å². The Morgan fingerprint density at radius 1 is 1.38 bits per heavy atom. The summed E-state index contributed by atoms with van der Waals surface area (Å²) in [4.78, 5) is 0.166. The van der Waals surface area contributed by atoms with Crippen molar-refractivity contribution in [2.45, 2.75) is 11.8 Å². The van der Waals surface area contributed by atoms with Crippen molar-refractivity contribution in [2.75, 3.05) is 12.4 Å². The van der Waals surface area contributed by atoms with Crippen molar-refractivity contribution in [3.8, 4) is 0 Å². The van der Waals surface area contributed by atoms with Crippen LogP contribution in [0.4, 0.5) is 5.69 Å². The van der Waals surface area contributed by atoms with Gasteiger partial charge in [0.25, 0.3) is 0 Å². The second-order valence-electron chi connectivity index (χ2n) is 2.72. The van der Waals surface area contributed by atoms with Crippen molar-refractivity contribution >= 4 is 15.7 Å². The molecule has 0 aromatic heterocycles. The number of nitrogens with one attached hydrogen (secondary N) is 1. The van der Waals surface area contributed by atoms with Crippen LogP contribution in [0.3, 0.4) is 0 Å². The van der Waals surface area contributed by atoms with Gasteiger partial charge in [0, 0.05) is 12.7 Å². The van der Waals surface area contributed by atoms with Gasteiger partial charge in [0.1, 0.15) is 0 Å². The maximum Gasteiger partial charge on any atom is 0.238 e. The van der Waals surface area contributed by atoms with E-state index in [1.165, 1.54) is 6.07 Å². The van der Waals surface area contributed by atoms with Crippen LogP contribution in [0.5, 0.6) is 0 Å². The summed E-state index contributed by atoms with van der Waals surface area (Å²) in [5.74, 6) is 0. The quantitative estimate of drug-likeness (QED) is 0.737. The lowest BCUT2D eigenvalue weighted by Gasteiger charge is -2.08. The molecular weight excluding hydrogens is 188 g/mol. The number of hydrogen-bond acceptors (Lipinski definition) is 3. The Morgan fingerprint density at radius 3 is 2.46 bits per heavy atom. The summed E-state index contributed by atoms with van der Waals surface area (Å²) in [5, 5.41) is 7.91. The zero-order valence-corrected chi connectivity index (χ0v) is 8.35. The van der Waals surface area contributed by atoms with Crippen LogP contribution in [0.2, 0.25) is 0 Å². The second kappa shape index (κ2) is 3.35. The van der Waals surface area contributed by atoms with Crippen molar-refractivity contribution < 1.29 is 8.42 Å². The Bertz CT molecular complexity index is 412. The Balaban J connectivity index is 3.41. The number of hydrogen-bond donors (Lipinski definition) is 2. The fourth-order valence-corrected chi connectivity index (χ4v) is 2.00. The first-order valence-electron chi connectivity index (χ1n) is 3.77. The summed E-state index contributed by atoms with van der Waals surface area (Å²) in [6.07, 6.45) is 0. The largest absolute Gasteiger partial charge is 0.388 e. The fraction of sp³-hybridized carbons (Fsp3) is 0.250. The molecule has 0 bridgehead atoms. The van der Waals surface area contributed by atoms with Gasteiger partial charge in [-0.05, 0) is 24.6 Å². The van der Waals surface area contributed by atoms with Crippen LogP contribution >= 0.6 is 0 Å². The van der Waals surface area contributed by atoms with Crippen LogP contribution in [-0.4, -0.2) is 15.5 Å². The Hall–Kier alpha value is -1.07. The molecule has 3 N–H and O–H groups in total. The zero-order chi connectivity index (χ0) is 10.1. The Morgan fingerprint density at radius 2 is 2.00 bits per heavy atom. The summed E-state index contributed by atoms with van der Waals surface area (Å²) in [5.41, 5.74) is 1.42. The molecule has 0 amide bonds. The molecule has 0 aliphatic carbocycles. The molecule has 0 radical (unpaired) electrons. The highest BCUT2D eigenvalue weighted by Gasteiger charge is 2.12. The first-order chi connectivity index (χ1) is 5.96. The molecule has 13 heavy (non-hydrogen) atoms. The lowest BCUT2D eigenvalue weighted by Crippen LogP contribution is -2.14. The highest BCUT2D eigenvalue weighted by Crippen LogP contribution is 2.20. The predicted octanol–water partition coefficient (Wildman–Crippen LogP) is 0.684. The molecule has 0 fully saturated rings. The summed E-state index contributed by atoms with van der Waals surface area (Å²) in [6, 6.07) is 4.94. The molecule has 0 aliphatic rings. The van der Waals surface area contributed by atoms with Gasteiger partial charge in [-0.3, -0.25) is 0 Å². The molecule has 0 atom stereocenters. The predicted molar refractivity (Wildman–Crippen MR) is 52.1 cm³/mol. The molecule has 0 saturated carbocycles. The van der Waals surface area contributed by atoms with Crippen LogP contribution in [0.15, 0.2) is 23.1 Å². The van der Waals surface area contributed by atoms with Crippen LogP contribution < -0.4 is 10.5 Å². The lowest BCUT2D eigenvalue weighted by atomic mass is 10.2. The van der Waals surface area contributed by atoms with Gasteiger partial charge in [0.2, 0.25) is 10.0 Å². The Labute approximate surface area is 77.8 Å². The van der Waals surface area contributed by atoms with Gasteiger partial charge in [-0.15, -0.1) is 0 Å². The van der Waals surface area contributed by atoms with Gasteiger partial charge >= 0.3 is 0 Å². The van der Waals surface area contributed by atoms with Crippen LogP contribution in [0, 0.1) is 6.92 Å². The molecule has 1 rings (SSSR count). The smallest absolute Gasteiger partial charge is 0.238 e. The zero-order valence-electron chi connectivity index (χ0n) is 7.53. The number of anilines is 1. The summed E-state index contributed by atoms with van der Waals surface area (Å²) in [7, 11) is -1.87. The van der Waals surface area contributed by atoms with E-state index in [2.05, 4.69) is 5.32 Å². The third kappa shape index (κ3) is 1.99. The molecular formula is C8H12N2O2S. The first kappa shape index (κ1) is 10.0. The van der Waals surface area contributed by atoms with Crippen molar-refractivity contribution in [1.82, 2.24) is 0 Å². The van der Waals surface area contributed by atoms with Crippen molar-refractivity contribution in [2.24, 2.45) is 5.14 Å². The molecule has 4 nitrogen and oxygen atoms in total. The van der Waals surface area contributed by atoms with Crippen molar-refractivity contribution in [1.29, 1.82) is 0 Å². The van der Waals surface area contributed by atoms with Crippen LogP contribution in [-0.2, 0) is 10.0 Å². The first-order valence-corrected chi connectivity index (χ1v) is 5.31. The van der Waals surface area contributed by atoms with E-state index in [0.29, 0.717) is 5.56 Å². The average molecular weight is 200 g/mol. The number of sulfonamides is 1. The van der Waals surface area contributed by atoms with Crippen molar-refractivity contribution in [3.05, 3.63) is 23.8 Å². The number of benzene rings is 1. The maximum atomic E-state index is 11.1. The van der Waals surface area contributed by atoms with E-state index in [1.807, 2.05) is 0 Å². The van der Waals surface area contributed by atoms with Gasteiger partial charge in [0.05, 0.1) is 4.90 Å². The topological polar surface area (TPSA) is 72.2 Å². The van der Waals surface area contributed by atoms with Gasteiger partial charge in [-0.1, -0.05) is 6.07 Å². The SMILES string of the molecule is CNc1cccc(S(N)(=O)=O)c1C. The number of primary sulfonamides is 1. The fourth-order valence-electron chi connectivity index (χ4n) is 1.19. The van der Waals surface area contributed by atoms with E-state index < -0.39 is 10.0 Å². The van der Waals surface area contributed by atoms with Gasteiger partial charge < -0.3 is 5.32 Å². The molecule has 0 heterocycles. The van der Waals surface area contributed by atoms with Crippen LogP contribution in [0.25, 0.3) is 0 Å².